The number of amides is 1. The standard InChI is InChI=1S/C13H21N3O4S/c1-5-16(3)13(17)9(2)15-21(18,19)12-7-6-10(20-4)8-11(12)14/h6-9,15H,5,14H2,1-4H3. The minimum Gasteiger partial charge on any atom is -0.497 e. The maximum atomic E-state index is 12.3. The van der Waals surface area contributed by atoms with Crippen LogP contribution in [0.1, 0.15) is 13.8 Å². The van der Waals surface area contributed by atoms with Gasteiger partial charge in [-0.3, -0.25) is 4.79 Å². The molecule has 0 aromatic heterocycles. The highest BCUT2D eigenvalue weighted by Crippen LogP contribution is 2.23. The Morgan fingerprint density at radius 3 is 2.57 bits per heavy atom. The minimum absolute atomic E-state index is 0.0605. The molecule has 1 amide bonds. The van der Waals surface area contributed by atoms with E-state index in [4.69, 9.17) is 10.5 Å². The van der Waals surface area contributed by atoms with Gasteiger partial charge in [0.05, 0.1) is 18.8 Å². The van der Waals surface area contributed by atoms with Crippen LogP contribution in [0, 0.1) is 0 Å². The first kappa shape index (κ1) is 17.3. The van der Waals surface area contributed by atoms with E-state index < -0.39 is 16.1 Å². The molecule has 0 saturated carbocycles. The SMILES string of the molecule is CCN(C)C(=O)C(C)NS(=O)(=O)c1ccc(OC)cc1N. The van der Waals surface area contributed by atoms with Crippen LogP contribution in [0.25, 0.3) is 0 Å². The number of carbonyl (C=O) groups is 1. The molecule has 0 aliphatic heterocycles. The number of sulfonamides is 1. The molecule has 1 aromatic carbocycles. The van der Waals surface area contributed by atoms with Crippen LogP contribution < -0.4 is 15.2 Å². The van der Waals surface area contributed by atoms with E-state index in [1.54, 1.807) is 14.0 Å². The second-order valence-electron chi connectivity index (χ2n) is 4.60. The van der Waals surface area contributed by atoms with E-state index in [-0.39, 0.29) is 16.5 Å². The number of nitrogen functional groups attached to an aromatic ring is 1. The number of hydrogen-bond donors (Lipinski definition) is 2. The molecule has 3 N–H and O–H groups in total. The molecule has 1 rings (SSSR count). The van der Waals surface area contributed by atoms with Crippen molar-refractivity contribution in [2.75, 3.05) is 26.4 Å². The van der Waals surface area contributed by atoms with Gasteiger partial charge in [-0.1, -0.05) is 0 Å². The van der Waals surface area contributed by atoms with Gasteiger partial charge in [-0.2, -0.15) is 4.72 Å². The van der Waals surface area contributed by atoms with E-state index >= 15 is 0 Å². The van der Waals surface area contributed by atoms with E-state index in [1.807, 2.05) is 0 Å². The van der Waals surface area contributed by atoms with E-state index in [1.165, 1.54) is 37.1 Å². The summed E-state index contributed by atoms with van der Waals surface area (Å²) in [6.45, 7) is 3.79. The van der Waals surface area contributed by atoms with Crippen molar-refractivity contribution in [3.8, 4) is 5.75 Å². The molecule has 1 atom stereocenters. The Balaban J connectivity index is 2.99. The average molecular weight is 315 g/mol. The Kier molecular flexibility index (Phi) is 5.56. The van der Waals surface area contributed by atoms with Crippen molar-refractivity contribution in [2.45, 2.75) is 24.8 Å². The second kappa shape index (κ2) is 6.77. The molecule has 0 bridgehead atoms. The maximum Gasteiger partial charge on any atom is 0.243 e. The molecule has 0 fully saturated rings. The van der Waals surface area contributed by atoms with Gasteiger partial charge in [0.1, 0.15) is 10.6 Å². The summed E-state index contributed by atoms with van der Waals surface area (Å²) < 4.78 is 31.8. The number of likely N-dealkylation sites (N-methyl/N-ethyl adjacent to an activating group) is 1. The van der Waals surface area contributed by atoms with E-state index in [2.05, 4.69) is 4.72 Å². The summed E-state index contributed by atoms with van der Waals surface area (Å²) in [6.07, 6.45) is 0. The topological polar surface area (TPSA) is 102 Å². The molecule has 0 aliphatic carbocycles. The Labute approximate surface area is 125 Å². The lowest BCUT2D eigenvalue weighted by Gasteiger charge is -2.21. The predicted molar refractivity (Wildman–Crippen MR) is 80.5 cm³/mol. The summed E-state index contributed by atoms with van der Waals surface area (Å²) in [6, 6.07) is 3.38. The molecule has 0 spiro atoms. The third-order valence-electron chi connectivity index (χ3n) is 3.06. The van der Waals surface area contributed by atoms with Gasteiger partial charge in [-0.25, -0.2) is 8.42 Å². The lowest BCUT2D eigenvalue weighted by atomic mass is 10.3. The van der Waals surface area contributed by atoms with E-state index in [0.717, 1.165) is 0 Å². The van der Waals surface area contributed by atoms with Crippen LogP contribution in [0.2, 0.25) is 0 Å². The van der Waals surface area contributed by atoms with Gasteiger partial charge in [0.25, 0.3) is 0 Å². The molecule has 0 heterocycles. The van der Waals surface area contributed by atoms with Crippen LogP contribution in [0.3, 0.4) is 0 Å². The molecule has 0 saturated heterocycles. The van der Waals surface area contributed by atoms with E-state index in [0.29, 0.717) is 12.3 Å². The largest absolute Gasteiger partial charge is 0.497 e. The summed E-state index contributed by atoms with van der Waals surface area (Å²) in [5.41, 5.74) is 5.79. The fourth-order valence-electron chi connectivity index (χ4n) is 1.73. The maximum absolute atomic E-state index is 12.3. The van der Waals surface area contributed by atoms with Crippen molar-refractivity contribution in [3.63, 3.8) is 0 Å². The molecule has 0 radical (unpaired) electrons. The van der Waals surface area contributed by atoms with Crippen LogP contribution in [-0.4, -0.2) is 46.0 Å². The monoisotopic (exact) mass is 315 g/mol. The highest BCUT2D eigenvalue weighted by Gasteiger charge is 2.25. The van der Waals surface area contributed by atoms with Gasteiger partial charge in [-0.05, 0) is 26.0 Å². The molecule has 1 aromatic rings. The molecular weight excluding hydrogens is 294 g/mol. The number of ether oxygens (including phenoxy) is 1. The Hall–Kier alpha value is -1.80. The van der Waals surface area contributed by atoms with Crippen molar-refractivity contribution in [3.05, 3.63) is 18.2 Å². The quantitative estimate of drug-likeness (QED) is 0.741. The summed E-state index contributed by atoms with van der Waals surface area (Å²) in [4.78, 5) is 13.3. The van der Waals surface area contributed by atoms with Gasteiger partial charge >= 0.3 is 0 Å². The predicted octanol–water partition coefficient (Wildman–Crippen LogP) is 0.423. The van der Waals surface area contributed by atoms with Crippen LogP contribution in [0.15, 0.2) is 23.1 Å². The normalized spacial score (nSPS) is 12.8. The Morgan fingerprint density at radius 2 is 2.10 bits per heavy atom. The lowest BCUT2D eigenvalue weighted by molar-refractivity contribution is -0.131. The first-order valence-corrected chi connectivity index (χ1v) is 7.92. The van der Waals surface area contributed by atoms with Crippen molar-refractivity contribution >= 4 is 21.6 Å². The molecule has 1 unspecified atom stereocenters. The molecule has 118 valence electrons. The van der Waals surface area contributed by atoms with Crippen molar-refractivity contribution in [2.24, 2.45) is 0 Å². The number of nitrogens with zero attached hydrogens (tertiary/aromatic N) is 1. The number of hydrogen-bond acceptors (Lipinski definition) is 5. The number of nitrogens with two attached hydrogens (primary N) is 1. The zero-order valence-corrected chi connectivity index (χ0v) is 13.4. The van der Waals surface area contributed by atoms with Gasteiger partial charge < -0.3 is 15.4 Å². The van der Waals surface area contributed by atoms with Gasteiger partial charge in [0, 0.05) is 19.7 Å². The minimum atomic E-state index is -3.88. The van der Waals surface area contributed by atoms with Crippen LogP contribution in [0.4, 0.5) is 5.69 Å². The number of benzene rings is 1. The summed E-state index contributed by atoms with van der Waals surface area (Å²) in [7, 11) is -0.813. The molecule has 8 heteroatoms. The Morgan fingerprint density at radius 1 is 1.48 bits per heavy atom. The molecular formula is C13H21N3O4S. The molecule has 7 nitrogen and oxygen atoms in total. The first-order valence-electron chi connectivity index (χ1n) is 6.43. The van der Waals surface area contributed by atoms with Crippen molar-refractivity contribution in [1.82, 2.24) is 9.62 Å². The van der Waals surface area contributed by atoms with Crippen molar-refractivity contribution in [1.29, 1.82) is 0 Å². The van der Waals surface area contributed by atoms with Gasteiger partial charge in [0.15, 0.2) is 0 Å². The number of rotatable bonds is 6. The second-order valence-corrected chi connectivity index (χ2v) is 6.28. The number of methoxy groups -OCH3 is 1. The highest BCUT2D eigenvalue weighted by molar-refractivity contribution is 7.89. The molecule has 0 aliphatic rings. The smallest absolute Gasteiger partial charge is 0.243 e. The van der Waals surface area contributed by atoms with Crippen molar-refractivity contribution < 1.29 is 17.9 Å². The summed E-state index contributed by atoms with van der Waals surface area (Å²) in [5, 5.41) is 0. The fraction of sp³-hybridized carbons (Fsp3) is 0.462. The molecule has 21 heavy (non-hydrogen) atoms. The lowest BCUT2D eigenvalue weighted by Crippen LogP contribution is -2.45. The third kappa shape index (κ3) is 4.08. The van der Waals surface area contributed by atoms with Gasteiger partial charge in [0.2, 0.25) is 15.9 Å². The van der Waals surface area contributed by atoms with Crippen LogP contribution in [0.5, 0.6) is 5.75 Å². The van der Waals surface area contributed by atoms with Crippen LogP contribution >= 0.6 is 0 Å². The number of carbonyl (C=O) groups excluding carboxylic acids is 1. The van der Waals surface area contributed by atoms with Gasteiger partial charge in [-0.15, -0.1) is 0 Å². The zero-order valence-electron chi connectivity index (χ0n) is 12.6. The highest BCUT2D eigenvalue weighted by atomic mass is 32.2. The average Bonchev–Trinajstić information content (AvgIpc) is 2.44. The number of nitrogens with one attached hydrogen (secondary N) is 1. The fourth-order valence-corrected chi connectivity index (χ4v) is 3.04. The first-order chi connectivity index (χ1) is 9.72. The van der Waals surface area contributed by atoms with E-state index in [9.17, 15) is 13.2 Å². The Bertz CT molecular complexity index is 616. The summed E-state index contributed by atoms with van der Waals surface area (Å²) >= 11 is 0. The zero-order chi connectivity index (χ0) is 16.2. The van der Waals surface area contributed by atoms with Crippen LogP contribution in [-0.2, 0) is 14.8 Å². The summed E-state index contributed by atoms with van der Waals surface area (Å²) in [5.74, 6) is 0.148. The number of anilines is 1. The third-order valence-corrected chi connectivity index (χ3v) is 4.67.